The van der Waals surface area contributed by atoms with Gasteiger partial charge in [0.2, 0.25) is 0 Å². The minimum atomic E-state index is -0.626. The zero-order chi connectivity index (χ0) is 15.3. The van der Waals surface area contributed by atoms with Crippen LogP contribution >= 0.6 is 0 Å². The number of hydrogen-bond donors (Lipinski definition) is 0. The highest BCUT2D eigenvalue weighted by Crippen LogP contribution is 2.23. The van der Waals surface area contributed by atoms with Crippen molar-refractivity contribution in [1.82, 2.24) is 0 Å². The maximum Gasteiger partial charge on any atom is 0.349 e. The van der Waals surface area contributed by atoms with E-state index in [1.807, 2.05) is 6.07 Å². The SMILES string of the molecule is COc1ccc(/C(C)=C(\C#N)C(=O)OC(C)(C)C)cc1. The topological polar surface area (TPSA) is 59.3 Å². The molecule has 0 heterocycles. The van der Waals surface area contributed by atoms with Crippen molar-refractivity contribution in [1.29, 1.82) is 5.26 Å². The van der Waals surface area contributed by atoms with E-state index < -0.39 is 11.6 Å². The highest BCUT2D eigenvalue weighted by molar-refractivity contribution is 6.01. The van der Waals surface area contributed by atoms with Crippen LogP contribution in [0.15, 0.2) is 29.8 Å². The lowest BCUT2D eigenvalue weighted by Crippen LogP contribution is -2.25. The normalized spacial score (nSPS) is 12.2. The van der Waals surface area contributed by atoms with Crippen molar-refractivity contribution in [2.45, 2.75) is 33.3 Å². The van der Waals surface area contributed by atoms with Crippen molar-refractivity contribution in [2.24, 2.45) is 0 Å². The molecule has 20 heavy (non-hydrogen) atoms. The molecule has 0 aliphatic carbocycles. The van der Waals surface area contributed by atoms with Crippen LogP contribution in [0.5, 0.6) is 5.75 Å². The molecular weight excluding hydrogens is 254 g/mol. The van der Waals surface area contributed by atoms with E-state index in [0.717, 1.165) is 11.3 Å². The summed E-state index contributed by atoms with van der Waals surface area (Å²) >= 11 is 0. The molecule has 0 atom stereocenters. The predicted molar refractivity (Wildman–Crippen MR) is 77.0 cm³/mol. The number of allylic oxidation sites excluding steroid dienone is 1. The third kappa shape index (κ3) is 4.13. The Hall–Kier alpha value is -2.28. The molecule has 0 fully saturated rings. The first-order valence-electron chi connectivity index (χ1n) is 6.27. The molecule has 0 saturated carbocycles. The first-order chi connectivity index (χ1) is 9.28. The summed E-state index contributed by atoms with van der Waals surface area (Å²) < 4.78 is 10.3. The first kappa shape index (κ1) is 15.8. The van der Waals surface area contributed by atoms with E-state index in [1.165, 1.54) is 0 Å². The second-order valence-electron chi connectivity index (χ2n) is 5.34. The van der Waals surface area contributed by atoms with Crippen molar-refractivity contribution < 1.29 is 14.3 Å². The molecule has 4 nitrogen and oxygen atoms in total. The Balaban J connectivity index is 3.12. The summed E-state index contributed by atoms with van der Waals surface area (Å²) in [5, 5.41) is 9.19. The number of carbonyl (C=O) groups excluding carboxylic acids is 1. The van der Waals surface area contributed by atoms with Gasteiger partial charge in [-0.05, 0) is 51.0 Å². The Morgan fingerprint density at radius 2 is 1.75 bits per heavy atom. The number of carbonyl (C=O) groups is 1. The second-order valence-corrected chi connectivity index (χ2v) is 5.34. The molecule has 0 amide bonds. The van der Waals surface area contributed by atoms with Gasteiger partial charge in [0.1, 0.15) is 23.0 Å². The van der Waals surface area contributed by atoms with Gasteiger partial charge in [-0.25, -0.2) is 4.79 Å². The van der Waals surface area contributed by atoms with Crippen molar-refractivity contribution >= 4 is 11.5 Å². The number of hydrogen-bond acceptors (Lipinski definition) is 4. The molecule has 0 bridgehead atoms. The van der Waals surface area contributed by atoms with E-state index in [1.54, 1.807) is 59.1 Å². The van der Waals surface area contributed by atoms with Crippen molar-refractivity contribution in [2.75, 3.05) is 7.11 Å². The van der Waals surface area contributed by atoms with Crippen LogP contribution in [0.4, 0.5) is 0 Å². The molecule has 1 aromatic carbocycles. The van der Waals surface area contributed by atoms with Crippen LogP contribution in [0.2, 0.25) is 0 Å². The molecule has 0 spiro atoms. The van der Waals surface area contributed by atoms with Gasteiger partial charge < -0.3 is 9.47 Å². The summed E-state index contributed by atoms with van der Waals surface area (Å²) in [6, 6.07) is 9.09. The van der Waals surface area contributed by atoms with Crippen LogP contribution in [0, 0.1) is 11.3 Å². The van der Waals surface area contributed by atoms with Crippen molar-refractivity contribution in [3.63, 3.8) is 0 Å². The summed E-state index contributed by atoms with van der Waals surface area (Å²) in [5.74, 6) is 0.116. The summed E-state index contributed by atoms with van der Waals surface area (Å²) in [6.45, 7) is 7.03. The van der Waals surface area contributed by atoms with Gasteiger partial charge >= 0.3 is 5.97 Å². The average molecular weight is 273 g/mol. The molecule has 1 aromatic rings. The standard InChI is InChI=1S/C16H19NO3/c1-11(12-6-8-13(19-5)9-7-12)14(10-17)15(18)20-16(2,3)4/h6-9H,1-5H3/b14-11+. The van der Waals surface area contributed by atoms with Crippen LogP contribution in [-0.2, 0) is 9.53 Å². The smallest absolute Gasteiger partial charge is 0.349 e. The number of nitriles is 1. The summed E-state index contributed by atoms with van der Waals surface area (Å²) in [6.07, 6.45) is 0. The van der Waals surface area contributed by atoms with Gasteiger partial charge in [-0.2, -0.15) is 5.26 Å². The van der Waals surface area contributed by atoms with E-state index in [0.29, 0.717) is 5.57 Å². The molecule has 0 aromatic heterocycles. The number of esters is 1. The monoisotopic (exact) mass is 273 g/mol. The number of nitrogens with zero attached hydrogens (tertiary/aromatic N) is 1. The quantitative estimate of drug-likeness (QED) is 0.481. The Morgan fingerprint density at radius 3 is 2.15 bits per heavy atom. The van der Waals surface area contributed by atoms with E-state index >= 15 is 0 Å². The van der Waals surface area contributed by atoms with Crippen LogP contribution in [0.25, 0.3) is 5.57 Å². The maximum atomic E-state index is 12.0. The van der Waals surface area contributed by atoms with Gasteiger partial charge in [0.05, 0.1) is 7.11 Å². The maximum absolute atomic E-state index is 12.0. The Kier molecular flexibility index (Phi) is 4.93. The molecule has 0 aliphatic rings. The van der Waals surface area contributed by atoms with Gasteiger partial charge in [-0.3, -0.25) is 0 Å². The van der Waals surface area contributed by atoms with Gasteiger partial charge in [0.25, 0.3) is 0 Å². The third-order valence-electron chi connectivity index (χ3n) is 2.61. The molecule has 0 aliphatic heterocycles. The fourth-order valence-corrected chi connectivity index (χ4v) is 1.60. The molecule has 0 N–H and O–H groups in total. The van der Waals surface area contributed by atoms with Gasteiger partial charge in [-0.15, -0.1) is 0 Å². The molecule has 0 radical (unpaired) electrons. The van der Waals surface area contributed by atoms with E-state index in [9.17, 15) is 10.1 Å². The molecule has 0 unspecified atom stereocenters. The number of rotatable bonds is 3. The molecule has 1 rings (SSSR count). The minimum absolute atomic E-state index is 0.0186. The van der Waals surface area contributed by atoms with Crippen LogP contribution in [-0.4, -0.2) is 18.7 Å². The van der Waals surface area contributed by atoms with E-state index in [-0.39, 0.29) is 5.57 Å². The number of methoxy groups -OCH3 is 1. The summed E-state index contributed by atoms with van der Waals surface area (Å²) in [5.41, 5.74) is 0.766. The van der Waals surface area contributed by atoms with Crippen LogP contribution < -0.4 is 4.74 Å². The van der Waals surface area contributed by atoms with Gasteiger partial charge in [0, 0.05) is 0 Å². The largest absolute Gasteiger partial charge is 0.497 e. The first-order valence-corrected chi connectivity index (χ1v) is 6.27. The lowest BCUT2D eigenvalue weighted by atomic mass is 10.0. The van der Waals surface area contributed by atoms with Crippen LogP contribution in [0.3, 0.4) is 0 Å². The molecule has 0 saturated heterocycles. The summed E-state index contributed by atoms with van der Waals surface area (Å²) in [7, 11) is 1.58. The fourth-order valence-electron chi connectivity index (χ4n) is 1.60. The molecular formula is C16H19NO3. The van der Waals surface area contributed by atoms with Crippen LogP contribution in [0.1, 0.15) is 33.3 Å². The zero-order valence-corrected chi connectivity index (χ0v) is 12.5. The lowest BCUT2D eigenvalue weighted by Gasteiger charge is -2.19. The second kappa shape index (κ2) is 6.25. The molecule has 4 heteroatoms. The zero-order valence-electron chi connectivity index (χ0n) is 12.5. The van der Waals surface area contributed by atoms with Crippen molar-refractivity contribution in [3.8, 4) is 11.8 Å². The number of ether oxygens (including phenoxy) is 2. The average Bonchev–Trinajstić information content (AvgIpc) is 2.37. The summed E-state index contributed by atoms with van der Waals surface area (Å²) in [4.78, 5) is 12.0. The third-order valence-corrected chi connectivity index (χ3v) is 2.61. The Labute approximate surface area is 119 Å². The Bertz CT molecular complexity index is 557. The number of benzene rings is 1. The van der Waals surface area contributed by atoms with Gasteiger partial charge in [-0.1, -0.05) is 12.1 Å². The highest BCUT2D eigenvalue weighted by Gasteiger charge is 2.22. The molecule has 106 valence electrons. The lowest BCUT2D eigenvalue weighted by molar-refractivity contribution is -0.149. The fraction of sp³-hybridized carbons (Fsp3) is 0.375. The van der Waals surface area contributed by atoms with E-state index in [2.05, 4.69) is 0 Å². The minimum Gasteiger partial charge on any atom is -0.497 e. The van der Waals surface area contributed by atoms with Crippen molar-refractivity contribution in [3.05, 3.63) is 35.4 Å². The predicted octanol–water partition coefficient (Wildman–Crippen LogP) is 3.33. The highest BCUT2D eigenvalue weighted by atomic mass is 16.6. The van der Waals surface area contributed by atoms with Gasteiger partial charge in [0.15, 0.2) is 0 Å². The Morgan fingerprint density at radius 1 is 1.20 bits per heavy atom. The van der Waals surface area contributed by atoms with E-state index in [4.69, 9.17) is 9.47 Å².